The van der Waals surface area contributed by atoms with Gasteiger partial charge in [-0.1, -0.05) is 0 Å². The summed E-state index contributed by atoms with van der Waals surface area (Å²) < 4.78 is 6.42. The Bertz CT molecular complexity index is 850. The van der Waals surface area contributed by atoms with Gasteiger partial charge in [-0.25, -0.2) is 4.79 Å². The van der Waals surface area contributed by atoms with Gasteiger partial charge in [-0.3, -0.25) is 14.9 Å². The number of nitriles is 1. The Balaban J connectivity index is 2.00. The summed E-state index contributed by atoms with van der Waals surface area (Å²) in [5.41, 5.74) is 0.0601. The van der Waals surface area contributed by atoms with E-state index in [2.05, 4.69) is 5.32 Å². The first-order chi connectivity index (χ1) is 11.4. The topological polar surface area (TPSA) is 127 Å². The Labute approximate surface area is 136 Å². The number of carbonyl (C=O) groups is 2. The molecule has 0 saturated carbocycles. The van der Waals surface area contributed by atoms with Crippen molar-refractivity contribution in [2.75, 3.05) is 11.9 Å². The van der Waals surface area contributed by atoms with Crippen molar-refractivity contribution in [1.29, 1.82) is 5.26 Å². The highest BCUT2D eigenvalue weighted by molar-refractivity contribution is 5.95. The van der Waals surface area contributed by atoms with E-state index in [4.69, 9.17) is 10.00 Å². The number of non-ortho nitro benzene ring substituents is 1. The third-order valence-corrected chi connectivity index (χ3v) is 3.10. The number of nitro benzene ring substituents is 1. The van der Waals surface area contributed by atoms with Gasteiger partial charge in [0.2, 0.25) is 0 Å². The van der Waals surface area contributed by atoms with Crippen LogP contribution in [0.5, 0.6) is 0 Å². The van der Waals surface area contributed by atoms with E-state index in [-0.39, 0.29) is 22.6 Å². The van der Waals surface area contributed by atoms with Gasteiger partial charge in [-0.05, 0) is 18.2 Å². The predicted octanol–water partition coefficient (Wildman–Crippen LogP) is 1.60. The molecule has 2 rings (SSSR count). The second-order valence-corrected chi connectivity index (χ2v) is 4.73. The molecule has 0 saturated heterocycles. The van der Waals surface area contributed by atoms with Crippen LogP contribution in [0.1, 0.15) is 16.1 Å². The number of aryl methyl sites for hydroxylation is 1. The van der Waals surface area contributed by atoms with Crippen molar-refractivity contribution in [2.45, 2.75) is 0 Å². The summed E-state index contributed by atoms with van der Waals surface area (Å²) in [6.07, 6.45) is 1.66. The molecule has 0 aliphatic rings. The van der Waals surface area contributed by atoms with Crippen molar-refractivity contribution < 1.29 is 19.2 Å². The molecule has 1 aromatic heterocycles. The van der Waals surface area contributed by atoms with Gasteiger partial charge in [-0.2, -0.15) is 5.26 Å². The molecule has 0 spiro atoms. The van der Waals surface area contributed by atoms with Crippen molar-refractivity contribution >= 4 is 23.3 Å². The molecule has 0 aliphatic carbocycles. The fourth-order valence-corrected chi connectivity index (χ4v) is 1.91. The van der Waals surface area contributed by atoms with E-state index in [1.807, 2.05) is 0 Å². The normalized spacial score (nSPS) is 9.83. The highest BCUT2D eigenvalue weighted by Crippen LogP contribution is 2.21. The highest BCUT2D eigenvalue weighted by Gasteiger charge is 2.15. The number of hydrogen-bond donors (Lipinski definition) is 1. The van der Waals surface area contributed by atoms with Crippen LogP contribution in [0.4, 0.5) is 11.4 Å². The molecule has 0 fully saturated rings. The summed E-state index contributed by atoms with van der Waals surface area (Å²) in [5.74, 6) is -1.33. The van der Waals surface area contributed by atoms with Gasteiger partial charge in [0.25, 0.3) is 11.6 Å². The molecule has 0 unspecified atom stereocenters. The minimum absolute atomic E-state index is 0.0636. The lowest BCUT2D eigenvalue weighted by Gasteiger charge is -2.08. The number of ether oxygens (including phenoxy) is 1. The molecule has 0 atom stereocenters. The van der Waals surface area contributed by atoms with Crippen LogP contribution in [0.15, 0.2) is 36.5 Å². The maximum Gasteiger partial charge on any atom is 0.355 e. The monoisotopic (exact) mass is 328 g/mol. The number of aromatic nitrogens is 1. The first-order valence-electron chi connectivity index (χ1n) is 6.69. The van der Waals surface area contributed by atoms with Gasteiger partial charge >= 0.3 is 5.97 Å². The number of rotatable bonds is 5. The molecule has 1 N–H and O–H groups in total. The number of nitro groups is 1. The lowest BCUT2D eigenvalue weighted by Crippen LogP contribution is -2.22. The standard InChI is InChI=1S/C15H12N4O5/c1-18-6-2-3-13(18)15(21)24-9-14(20)17-12-5-4-11(19(22)23)7-10(12)8-16/h2-7H,9H2,1H3,(H,17,20). The summed E-state index contributed by atoms with van der Waals surface area (Å²) >= 11 is 0. The third-order valence-electron chi connectivity index (χ3n) is 3.10. The first-order valence-corrected chi connectivity index (χ1v) is 6.69. The zero-order chi connectivity index (χ0) is 17.7. The Kier molecular flexibility index (Phi) is 4.91. The van der Waals surface area contributed by atoms with E-state index in [1.165, 1.54) is 6.07 Å². The summed E-state index contributed by atoms with van der Waals surface area (Å²) in [6.45, 7) is -0.550. The molecular formula is C15H12N4O5. The predicted molar refractivity (Wildman–Crippen MR) is 82.1 cm³/mol. The van der Waals surface area contributed by atoms with Crippen molar-refractivity contribution in [3.63, 3.8) is 0 Å². The minimum Gasteiger partial charge on any atom is -0.451 e. The number of hydrogen-bond acceptors (Lipinski definition) is 6. The summed E-state index contributed by atoms with van der Waals surface area (Å²) in [7, 11) is 1.66. The second kappa shape index (κ2) is 7.06. The summed E-state index contributed by atoms with van der Waals surface area (Å²) in [6, 6.07) is 8.42. The van der Waals surface area contributed by atoms with Crippen LogP contribution in [0, 0.1) is 21.4 Å². The van der Waals surface area contributed by atoms with Crippen LogP contribution in [-0.4, -0.2) is 28.0 Å². The molecule has 1 heterocycles. The van der Waals surface area contributed by atoms with Crippen molar-refractivity contribution in [3.8, 4) is 6.07 Å². The third kappa shape index (κ3) is 3.75. The van der Waals surface area contributed by atoms with Gasteiger partial charge in [0.15, 0.2) is 6.61 Å². The van der Waals surface area contributed by atoms with E-state index in [0.717, 1.165) is 12.1 Å². The van der Waals surface area contributed by atoms with Crippen LogP contribution in [0.25, 0.3) is 0 Å². The molecule has 122 valence electrons. The zero-order valence-corrected chi connectivity index (χ0v) is 12.6. The van der Waals surface area contributed by atoms with Crippen molar-refractivity contribution in [2.24, 2.45) is 7.05 Å². The van der Waals surface area contributed by atoms with Gasteiger partial charge in [0.1, 0.15) is 11.8 Å². The largest absolute Gasteiger partial charge is 0.451 e. The highest BCUT2D eigenvalue weighted by atomic mass is 16.6. The van der Waals surface area contributed by atoms with Crippen LogP contribution in [0.3, 0.4) is 0 Å². The fraction of sp³-hybridized carbons (Fsp3) is 0.133. The molecule has 0 radical (unpaired) electrons. The lowest BCUT2D eigenvalue weighted by molar-refractivity contribution is -0.384. The van der Waals surface area contributed by atoms with Crippen LogP contribution < -0.4 is 5.32 Å². The Morgan fingerprint density at radius 3 is 2.75 bits per heavy atom. The van der Waals surface area contributed by atoms with Crippen molar-refractivity contribution in [3.05, 3.63) is 57.9 Å². The SMILES string of the molecule is Cn1cccc1C(=O)OCC(=O)Nc1ccc([N+](=O)[O-])cc1C#N. The molecule has 0 bridgehead atoms. The molecule has 1 aromatic carbocycles. The number of nitrogens with zero attached hydrogens (tertiary/aromatic N) is 3. The smallest absolute Gasteiger partial charge is 0.355 e. The average molecular weight is 328 g/mol. The average Bonchev–Trinajstić information content (AvgIpc) is 2.99. The molecule has 24 heavy (non-hydrogen) atoms. The molecule has 2 aromatic rings. The molecular weight excluding hydrogens is 316 g/mol. The molecule has 1 amide bonds. The quantitative estimate of drug-likeness (QED) is 0.504. The number of anilines is 1. The van der Waals surface area contributed by atoms with Crippen LogP contribution in [0.2, 0.25) is 0 Å². The first kappa shape index (κ1) is 16.7. The summed E-state index contributed by atoms with van der Waals surface area (Å²) in [4.78, 5) is 33.6. The van der Waals surface area contributed by atoms with E-state index in [0.29, 0.717) is 0 Å². The number of carbonyl (C=O) groups excluding carboxylic acids is 2. The number of amides is 1. The van der Waals surface area contributed by atoms with Gasteiger partial charge in [-0.15, -0.1) is 0 Å². The molecule has 9 heteroatoms. The maximum absolute atomic E-state index is 11.8. The van der Waals surface area contributed by atoms with Crippen molar-refractivity contribution in [1.82, 2.24) is 4.57 Å². The Hall–Kier alpha value is -3.67. The van der Waals surface area contributed by atoms with Gasteiger partial charge in [0, 0.05) is 25.4 Å². The Morgan fingerprint density at radius 2 is 2.17 bits per heavy atom. The minimum atomic E-state index is -0.665. The zero-order valence-electron chi connectivity index (χ0n) is 12.6. The lowest BCUT2D eigenvalue weighted by atomic mass is 10.1. The van der Waals surface area contributed by atoms with E-state index in [9.17, 15) is 19.7 Å². The number of benzene rings is 1. The Morgan fingerprint density at radius 1 is 1.42 bits per heavy atom. The van der Waals surface area contributed by atoms with E-state index in [1.54, 1.807) is 36.0 Å². The second-order valence-electron chi connectivity index (χ2n) is 4.73. The number of nitrogens with one attached hydrogen (secondary N) is 1. The van der Waals surface area contributed by atoms with Gasteiger partial charge in [0.05, 0.1) is 16.2 Å². The van der Waals surface area contributed by atoms with Crippen LogP contribution >= 0.6 is 0 Å². The fourth-order valence-electron chi connectivity index (χ4n) is 1.91. The molecule has 0 aliphatic heterocycles. The maximum atomic E-state index is 11.8. The number of esters is 1. The van der Waals surface area contributed by atoms with Crippen LogP contribution in [-0.2, 0) is 16.6 Å². The van der Waals surface area contributed by atoms with Gasteiger partial charge < -0.3 is 14.6 Å². The van der Waals surface area contributed by atoms with E-state index < -0.39 is 23.4 Å². The molecule has 9 nitrogen and oxygen atoms in total. The summed E-state index contributed by atoms with van der Waals surface area (Å²) in [5, 5.41) is 22.0. The van der Waals surface area contributed by atoms with E-state index >= 15 is 0 Å².